The molecule has 0 aromatic carbocycles. The molecule has 1 aromatic heterocycles. The highest BCUT2D eigenvalue weighted by molar-refractivity contribution is 5.17. The molecule has 0 aliphatic heterocycles. The van der Waals surface area contributed by atoms with Gasteiger partial charge in [0.25, 0.3) is 0 Å². The van der Waals surface area contributed by atoms with Crippen LogP contribution in [0.2, 0.25) is 0 Å². The molecule has 1 aromatic rings. The molecule has 5 nitrogen and oxygen atoms in total. The lowest BCUT2D eigenvalue weighted by Crippen LogP contribution is -2.09. The van der Waals surface area contributed by atoms with E-state index in [4.69, 9.17) is 0 Å². The minimum atomic E-state index is -0.370. The highest BCUT2D eigenvalue weighted by atomic mass is 16.6. The third-order valence-electron chi connectivity index (χ3n) is 2.51. The van der Waals surface area contributed by atoms with Crippen LogP contribution in [0.4, 0.5) is 5.82 Å². The van der Waals surface area contributed by atoms with Crippen LogP contribution in [0.25, 0.3) is 0 Å². The smallest absolute Gasteiger partial charge is 0.345 e. The molecule has 0 bridgehead atoms. The number of hydrogen-bond donors (Lipinski definition) is 0. The SMILES string of the molecule is O=[N+]([O-])c1ccnn1C1CCCC1. The van der Waals surface area contributed by atoms with Gasteiger partial charge in [-0.25, -0.2) is 0 Å². The average Bonchev–Trinajstić information content (AvgIpc) is 2.74. The van der Waals surface area contributed by atoms with Crippen LogP contribution in [0.3, 0.4) is 0 Å². The fourth-order valence-electron chi connectivity index (χ4n) is 1.88. The second-order valence-corrected chi connectivity index (χ2v) is 3.33. The molecule has 1 aliphatic rings. The maximum Gasteiger partial charge on any atom is 0.345 e. The maximum atomic E-state index is 10.6. The Balaban J connectivity index is 2.28. The first kappa shape index (κ1) is 8.22. The molecular formula is C8H11N3O2. The van der Waals surface area contributed by atoms with Crippen molar-refractivity contribution in [3.05, 3.63) is 22.4 Å². The van der Waals surface area contributed by atoms with E-state index in [0.29, 0.717) is 0 Å². The Morgan fingerprint density at radius 1 is 1.54 bits per heavy atom. The van der Waals surface area contributed by atoms with Gasteiger partial charge in [0, 0.05) is 0 Å². The molecule has 1 aliphatic carbocycles. The summed E-state index contributed by atoms with van der Waals surface area (Å²) in [7, 11) is 0. The zero-order valence-corrected chi connectivity index (χ0v) is 7.22. The van der Waals surface area contributed by atoms with Crippen LogP contribution in [0, 0.1) is 10.1 Å². The fourth-order valence-corrected chi connectivity index (χ4v) is 1.88. The van der Waals surface area contributed by atoms with Gasteiger partial charge < -0.3 is 10.1 Å². The lowest BCUT2D eigenvalue weighted by molar-refractivity contribution is -0.393. The molecule has 1 fully saturated rings. The van der Waals surface area contributed by atoms with Crippen molar-refractivity contribution in [3.8, 4) is 0 Å². The van der Waals surface area contributed by atoms with Gasteiger partial charge in [0.15, 0.2) is 0 Å². The molecule has 0 saturated heterocycles. The zero-order chi connectivity index (χ0) is 9.26. The second kappa shape index (κ2) is 3.16. The molecule has 70 valence electrons. The Bertz CT molecular complexity index is 315. The largest absolute Gasteiger partial charge is 0.358 e. The minimum absolute atomic E-state index is 0.118. The standard InChI is InChI=1S/C8H11N3O2/c12-11(13)8-5-6-9-10(8)7-3-1-2-4-7/h5-7H,1-4H2. The molecule has 0 radical (unpaired) electrons. The van der Waals surface area contributed by atoms with E-state index in [1.807, 2.05) is 0 Å². The zero-order valence-electron chi connectivity index (χ0n) is 7.22. The molecule has 0 atom stereocenters. The van der Waals surface area contributed by atoms with Crippen LogP contribution in [-0.4, -0.2) is 14.7 Å². The number of hydrogen-bond acceptors (Lipinski definition) is 3. The van der Waals surface area contributed by atoms with Crippen molar-refractivity contribution < 1.29 is 4.92 Å². The minimum Gasteiger partial charge on any atom is -0.358 e. The van der Waals surface area contributed by atoms with Crippen molar-refractivity contribution in [3.63, 3.8) is 0 Å². The first-order valence-corrected chi connectivity index (χ1v) is 4.47. The summed E-state index contributed by atoms with van der Waals surface area (Å²) >= 11 is 0. The van der Waals surface area contributed by atoms with Gasteiger partial charge in [-0.1, -0.05) is 5.10 Å². The van der Waals surface area contributed by atoms with Gasteiger partial charge in [-0.05, 0) is 30.6 Å². The van der Waals surface area contributed by atoms with Crippen LogP contribution in [-0.2, 0) is 0 Å². The van der Waals surface area contributed by atoms with Crippen molar-refractivity contribution in [2.45, 2.75) is 31.7 Å². The van der Waals surface area contributed by atoms with E-state index in [-0.39, 0.29) is 16.8 Å². The van der Waals surface area contributed by atoms with Gasteiger partial charge >= 0.3 is 5.82 Å². The quantitative estimate of drug-likeness (QED) is 0.517. The third-order valence-corrected chi connectivity index (χ3v) is 2.51. The predicted molar refractivity (Wildman–Crippen MR) is 46.4 cm³/mol. The first-order valence-electron chi connectivity index (χ1n) is 4.47. The summed E-state index contributed by atoms with van der Waals surface area (Å²) in [6.07, 6.45) is 5.84. The summed E-state index contributed by atoms with van der Waals surface area (Å²) in [6, 6.07) is 1.70. The molecule has 5 heteroatoms. The van der Waals surface area contributed by atoms with E-state index in [9.17, 15) is 10.1 Å². The highest BCUT2D eigenvalue weighted by Gasteiger charge is 2.26. The van der Waals surface area contributed by atoms with E-state index in [0.717, 1.165) is 25.7 Å². The Morgan fingerprint density at radius 2 is 2.23 bits per heavy atom. The fraction of sp³-hybridized carbons (Fsp3) is 0.625. The normalized spacial score (nSPS) is 17.8. The van der Waals surface area contributed by atoms with Crippen LogP contribution in [0.1, 0.15) is 31.7 Å². The molecule has 0 unspecified atom stereocenters. The van der Waals surface area contributed by atoms with Crippen LogP contribution < -0.4 is 0 Å². The molecule has 0 amide bonds. The molecule has 1 heterocycles. The molecular weight excluding hydrogens is 170 g/mol. The van der Waals surface area contributed by atoms with E-state index < -0.39 is 0 Å². The second-order valence-electron chi connectivity index (χ2n) is 3.33. The first-order chi connectivity index (χ1) is 6.29. The van der Waals surface area contributed by atoms with Crippen molar-refractivity contribution in [2.24, 2.45) is 0 Å². The third kappa shape index (κ3) is 1.41. The summed E-state index contributed by atoms with van der Waals surface area (Å²) in [6.45, 7) is 0. The summed E-state index contributed by atoms with van der Waals surface area (Å²) in [5.41, 5.74) is 0. The highest BCUT2D eigenvalue weighted by Crippen LogP contribution is 2.31. The van der Waals surface area contributed by atoms with E-state index in [1.54, 1.807) is 4.68 Å². The van der Waals surface area contributed by atoms with Crippen LogP contribution in [0.5, 0.6) is 0 Å². The Hall–Kier alpha value is -1.39. The van der Waals surface area contributed by atoms with E-state index in [1.165, 1.54) is 12.3 Å². The summed E-state index contributed by atoms with van der Waals surface area (Å²) in [4.78, 5) is 10.2. The van der Waals surface area contributed by atoms with Crippen LogP contribution in [0.15, 0.2) is 12.3 Å². The monoisotopic (exact) mass is 181 g/mol. The molecule has 1 saturated carbocycles. The topological polar surface area (TPSA) is 61.0 Å². The number of rotatable bonds is 2. The molecule has 2 rings (SSSR count). The van der Waals surface area contributed by atoms with Gasteiger partial charge in [-0.2, -0.15) is 0 Å². The van der Waals surface area contributed by atoms with Crippen molar-refractivity contribution in [1.29, 1.82) is 0 Å². The van der Waals surface area contributed by atoms with E-state index in [2.05, 4.69) is 5.10 Å². The van der Waals surface area contributed by atoms with Crippen molar-refractivity contribution in [2.75, 3.05) is 0 Å². The molecule has 13 heavy (non-hydrogen) atoms. The van der Waals surface area contributed by atoms with Crippen LogP contribution >= 0.6 is 0 Å². The van der Waals surface area contributed by atoms with E-state index >= 15 is 0 Å². The summed E-state index contributed by atoms with van der Waals surface area (Å²) in [5.74, 6) is 0.118. The lowest BCUT2D eigenvalue weighted by Gasteiger charge is -2.04. The summed E-state index contributed by atoms with van der Waals surface area (Å²) < 4.78 is 1.55. The molecule has 0 spiro atoms. The van der Waals surface area contributed by atoms with Crippen molar-refractivity contribution in [1.82, 2.24) is 9.78 Å². The summed E-state index contributed by atoms with van der Waals surface area (Å²) in [5, 5.41) is 14.6. The maximum absolute atomic E-state index is 10.6. The predicted octanol–water partition coefficient (Wildman–Crippen LogP) is 1.91. The van der Waals surface area contributed by atoms with Gasteiger partial charge in [0.1, 0.15) is 6.04 Å². The Labute approximate surface area is 75.5 Å². The number of nitro groups is 1. The number of aromatic nitrogens is 2. The lowest BCUT2D eigenvalue weighted by atomic mass is 10.2. The van der Waals surface area contributed by atoms with Crippen molar-refractivity contribution >= 4 is 5.82 Å². The van der Waals surface area contributed by atoms with Gasteiger partial charge in [-0.15, -0.1) is 4.68 Å². The van der Waals surface area contributed by atoms with Gasteiger partial charge in [-0.3, -0.25) is 0 Å². The van der Waals surface area contributed by atoms with Gasteiger partial charge in [0.05, 0.1) is 12.3 Å². The Morgan fingerprint density at radius 3 is 2.85 bits per heavy atom. The molecule has 0 N–H and O–H groups in total. The average molecular weight is 181 g/mol. The number of nitrogens with zero attached hydrogens (tertiary/aromatic N) is 3. The Kier molecular flexibility index (Phi) is 2.00. The van der Waals surface area contributed by atoms with Gasteiger partial charge in [0.2, 0.25) is 0 Å².